The van der Waals surface area contributed by atoms with Crippen molar-refractivity contribution in [2.24, 2.45) is 0 Å². The highest BCUT2D eigenvalue weighted by molar-refractivity contribution is 5.72. The third kappa shape index (κ3) is 2.90. The monoisotopic (exact) mass is 297 g/mol. The van der Waals surface area contributed by atoms with Crippen LogP contribution in [0, 0.1) is 0 Å². The van der Waals surface area contributed by atoms with E-state index in [2.05, 4.69) is 19.9 Å². The second-order valence-corrected chi connectivity index (χ2v) is 5.08. The van der Waals surface area contributed by atoms with Crippen molar-refractivity contribution >= 4 is 17.0 Å². The molecular formula is C13H14F3N5. The highest BCUT2D eigenvalue weighted by Crippen LogP contribution is 2.30. The van der Waals surface area contributed by atoms with Gasteiger partial charge in [-0.25, -0.2) is 15.0 Å². The van der Waals surface area contributed by atoms with Crippen LogP contribution in [0.4, 0.5) is 19.0 Å². The Kier molecular flexibility index (Phi) is 3.40. The summed E-state index contributed by atoms with van der Waals surface area (Å²) in [5.41, 5.74) is -0.415. The van der Waals surface area contributed by atoms with Gasteiger partial charge in [-0.15, -0.1) is 0 Å². The van der Waals surface area contributed by atoms with Gasteiger partial charge in [0.05, 0.1) is 11.8 Å². The number of hydrogen-bond acceptors (Lipinski definition) is 5. The van der Waals surface area contributed by atoms with E-state index in [4.69, 9.17) is 0 Å². The summed E-state index contributed by atoms with van der Waals surface area (Å²) in [6, 6.07) is 0.995. The normalized spacial score (nSPS) is 17.4. The third-order valence-electron chi connectivity index (χ3n) is 3.54. The fourth-order valence-electron chi connectivity index (χ4n) is 2.24. The number of halogens is 3. The maximum Gasteiger partial charge on any atom is 0.417 e. The Hall–Kier alpha value is -1.96. The molecule has 1 aliphatic rings. The molecule has 0 aliphatic carbocycles. The molecule has 0 bridgehead atoms. The Morgan fingerprint density at radius 3 is 2.38 bits per heavy atom. The lowest BCUT2D eigenvalue weighted by Gasteiger charge is -2.33. The summed E-state index contributed by atoms with van der Waals surface area (Å²) < 4.78 is 38.1. The number of nitrogens with zero attached hydrogens (tertiary/aromatic N) is 5. The molecule has 0 spiro atoms. The van der Waals surface area contributed by atoms with E-state index in [1.807, 2.05) is 11.9 Å². The molecule has 3 rings (SSSR count). The first-order valence-corrected chi connectivity index (χ1v) is 6.57. The highest BCUT2D eigenvalue weighted by Gasteiger charge is 2.31. The maximum absolute atomic E-state index is 12.7. The standard InChI is InChI=1S/C13H14F3N5/c1-20-2-4-21(5-3-20)11-8-18-12-10(19-11)6-9(7-17-12)13(14,15)16/h6-8H,2-5H2,1H3. The van der Waals surface area contributed by atoms with Gasteiger partial charge in [0, 0.05) is 32.4 Å². The molecule has 3 heterocycles. The Balaban J connectivity index is 1.94. The van der Waals surface area contributed by atoms with E-state index in [0.29, 0.717) is 5.82 Å². The topological polar surface area (TPSA) is 45.2 Å². The Bertz CT molecular complexity index is 650. The van der Waals surface area contributed by atoms with Crippen LogP contribution in [-0.2, 0) is 6.18 Å². The molecule has 0 N–H and O–H groups in total. The molecule has 0 radical (unpaired) electrons. The molecule has 2 aromatic heterocycles. The van der Waals surface area contributed by atoms with Crippen LogP contribution >= 0.6 is 0 Å². The lowest BCUT2D eigenvalue weighted by atomic mass is 10.2. The largest absolute Gasteiger partial charge is 0.417 e. The molecule has 21 heavy (non-hydrogen) atoms. The van der Waals surface area contributed by atoms with Crippen LogP contribution in [0.3, 0.4) is 0 Å². The van der Waals surface area contributed by atoms with E-state index in [0.717, 1.165) is 38.4 Å². The first kappa shape index (κ1) is 14.0. The summed E-state index contributed by atoms with van der Waals surface area (Å²) in [6.45, 7) is 3.34. The van der Waals surface area contributed by atoms with Crippen molar-refractivity contribution in [3.05, 3.63) is 24.0 Å². The summed E-state index contributed by atoms with van der Waals surface area (Å²) in [6.07, 6.45) is -2.08. The number of piperazine rings is 1. The van der Waals surface area contributed by atoms with Gasteiger partial charge in [0.25, 0.3) is 0 Å². The van der Waals surface area contributed by atoms with Crippen LogP contribution in [0.15, 0.2) is 18.5 Å². The molecule has 1 fully saturated rings. The van der Waals surface area contributed by atoms with Crippen molar-refractivity contribution in [3.63, 3.8) is 0 Å². The molecule has 2 aromatic rings. The van der Waals surface area contributed by atoms with Crippen molar-refractivity contribution < 1.29 is 13.2 Å². The van der Waals surface area contributed by atoms with Crippen molar-refractivity contribution in [3.8, 4) is 0 Å². The van der Waals surface area contributed by atoms with E-state index in [-0.39, 0.29) is 11.2 Å². The first-order chi connectivity index (χ1) is 9.93. The number of anilines is 1. The molecule has 5 nitrogen and oxygen atoms in total. The quantitative estimate of drug-likeness (QED) is 0.803. The van der Waals surface area contributed by atoms with Crippen LogP contribution in [0.2, 0.25) is 0 Å². The summed E-state index contributed by atoms with van der Waals surface area (Å²) >= 11 is 0. The molecular weight excluding hydrogens is 283 g/mol. The van der Waals surface area contributed by atoms with Gasteiger partial charge in [-0.05, 0) is 13.1 Å². The Morgan fingerprint density at radius 2 is 1.71 bits per heavy atom. The predicted octanol–water partition coefficient (Wildman–Crippen LogP) is 1.80. The summed E-state index contributed by atoms with van der Waals surface area (Å²) in [5.74, 6) is 0.594. The number of fused-ring (bicyclic) bond motifs is 1. The minimum atomic E-state index is -4.42. The number of hydrogen-bond donors (Lipinski definition) is 0. The molecule has 8 heteroatoms. The van der Waals surface area contributed by atoms with Gasteiger partial charge in [-0.1, -0.05) is 0 Å². The Morgan fingerprint density at radius 1 is 1.05 bits per heavy atom. The number of alkyl halides is 3. The van der Waals surface area contributed by atoms with Crippen LogP contribution in [-0.4, -0.2) is 53.1 Å². The average molecular weight is 297 g/mol. The smallest absolute Gasteiger partial charge is 0.353 e. The summed E-state index contributed by atoms with van der Waals surface area (Å²) in [4.78, 5) is 16.3. The van der Waals surface area contributed by atoms with Gasteiger partial charge in [-0.3, -0.25) is 0 Å². The number of aromatic nitrogens is 3. The van der Waals surface area contributed by atoms with Crippen molar-refractivity contribution in [2.75, 3.05) is 38.1 Å². The maximum atomic E-state index is 12.7. The fraction of sp³-hybridized carbons (Fsp3) is 0.462. The van der Waals surface area contributed by atoms with E-state index in [1.54, 1.807) is 6.20 Å². The molecule has 1 saturated heterocycles. The lowest BCUT2D eigenvalue weighted by molar-refractivity contribution is -0.137. The molecule has 0 unspecified atom stereocenters. The second kappa shape index (κ2) is 5.10. The van der Waals surface area contributed by atoms with Crippen LogP contribution in [0.25, 0.3) is 11.2 Å². The van der Waals surface area contributed by atoms with Gasteiger partial charge >= 0.3 is 6.18 Å². The number of pyridine rings is 1. The zero-order valence-electron chi connectivity index (χ0n) is 11.4. The molecule has 0 atom stereocenters. The van der Waals surface area contributed by atoms with E-state index in [9.17, 15) is 13.2 Å². The molecule has 0 amide bonds. The van der Waals surface area contributed by atoms with Crippen molar-refractivity contribution in [2.45, 2.75) is 6.18 Å². The van der Waals surface area contributed by atoms with Crippen LogP contribution < -0.4 is 4.90 Å². The number of rotatable bonds is 1. The zero-order chi connectivity index (χ0) is 15.0. The SMILES string of the molecule is CN1CCN(c2cnc3ncc(C(F)(F)F)cc3n2)CC1. The van der Waals surface area contributed by atoms with E-state index in [1.165, 1.54) is 0 Å². The highest BCUT2D eigenvalue weighted by atomic mass is 19.4. The molecule has 0 saturated carbocycles. The second-order valence-electron chi connectivity index (χ2n) is 5.08. The molecule has 0 aromatic carbocycles. The minimum Gasteiger partial charge on any atom is -0.353 e. The predicted molar refractivity (Wildman–Crippen MR) is 72.0 cm³/mol. The van der Waals surface area contributed by atoms with Crippen LogP contribution in [0.5, 0.6) is 0 Å². The van der Waals surface area contributed by atoms with Crippen LogP contribution in [0.1, 0.15) is 5.56 Å². The van der Waals surface area contributed by atoms with E-state index < -0.39 is 11.7 Å². The zero-order valence-corrected chi connectivity index (χ0v) is 11.4. The van der Waals surface area contributed by atoms with E-state index >= 15 is 0 Å². The Labute approximate surface area is 119 Å². The minimum absolute atomic E-state index is 0.168. The van der Waals surface area contributed by atoms with Gasteiger partial charge < -0.3 is 9.80 Å². The third-order valence-corrected chi connectivity index (χ3v) is 3.54. The average Bonchev–Trinajstić information content (AvgIpc) is 2.46. The van der Waals surface area contributed by atoms with Crippen molar-refractivity contribution in [1.29, 1.82) is 0 Å². The van der Waals surface area contributed by atoms with Gasteiger partial charge in [0.2, 0.25) is 0 Å². The van der Waals surface area contributed by atoms with Gasteiger partial charge in [0.15, 0.2) is 5.65 Å². The molecule has 1 aliphatic heterocycles. The summed E-state index contributed by atoms with van der Waals surface area (Å²) in [7, 11) is 2.03. The summed E-state index contributed by atoms with van der Waals surface area (Å²) in [5, 5.41) is 0. The van der Waals surface area contributed by atoms with Crippen molar-refractivity contribution in [1.82, 2.24) is 19.9 Å². The number of likely N-dealkylation sites (N-methyl/N-ethyl adjacent to an activating group) is 1. The van der Waals surface area contributed by atoms with Gasteiger partial charge in [0.1, 0.15) is 11.3 Å². The fourth-order valence-corrected chi connectivity index (χ4v) is 2.24. The van der Waals surface area contributed by atoms with Gasteiger partial charge in [-0.2, -0.15) is 13.2 Å². The molecule has 112 valence electrons. The first-order valence-electron chi connectivity index (χ1n) is 6.57. The lowest BCUT2D eigenvalue weighted by Crippen LogP contribution is -2.44.